The largest absolute Gasteiger partial charge is 0.493 e. The van der Waals surface area contributed by atoms with Crippen molar-refractivity contribution >= 4 is 11.7 Å². The molecule has 0 bridgehead atoms. The van der Waals surface area contributed by atoms with Gasteiger partial charge in [-0.05, 0) is 56.9 Å². The Morgan fingerprint density at radius 3 is 2.50 bits per heavy atom. The van der Waals surface area contributed by atoms with Crippen LogP contribution in [0.1, 0.15) is 77.8 Å². The van der Waals surface area contributed by atoms with Crippen molar-refractivity contribution in [2.75, 3.05) is 13.7 Å². The Bertz CT molecular complexity index is 854. The number of carbonyl (C=O) groups is 2. The Kier molecular flexibility index (Phi) is 7.26. The first-order valence-electron chi connectivity index (χ1n) is 9.67. The number of aromatic amines is 1. The number of rotatable bonds is 9. The van der Waals surface area contributed by atoms with E-state index in [4.69, 9.17) is 9.47 Å². The molecule has 1 aromatic heterocycles. The Balaban J connectivity index is 2.23. The Morgan fingerprint density at radius 2 is 1.93 bits per heavy atom. The zero-order valence-electron chi connectivity index (χ0n) is 17.6. The van der Waals surface area contributed by atoms with Crippen LogP contribution in [0, 0.1) is 6.92 Å². The number of Topliss-reactive ketones (excluding diaryl/α,β-unsaturated/α-hetero) is 1. The molecule has 1 heterocycles. The fraction of sp³-hybridized carbons (Fsp3) is 0.455. The van der Waals surface area contributed by atoms with Crippen LogP contribution in [0.4, 0.5) is 0 Å². The number of benzene rings is 1. The normalized spacial score (nSPS) is 11.8. The molecule has 28 heavy (non-hydrogen) atoms. The summed E-state index contributed by atoms with van der Waals surface area (Å²) in [5, 5.41) is 3.00. The Labute approximate surface area is 166 Å². The number of aromatic nitrogens is 1. The average molecular weight is 386 g/mol. The van der Waals surface area contributed by atoms with E-state index in [2.05, 4.69) is 10.3 Å². The van der Waals surface area contributed by atoms with Crippen LogP contribution in [0.5, 0.6) is 11.5 Å². The third-order valence-corrected chi connectivity index (χ3v) is 4.72. The highest BCUT2D eigenvalue weighted by atomic mass is 16.5. The van der Waals surface area contributed by atoms with Crippen molar-refractivity contribution in [3.8, 4) is 11.5 Å². The van der Waals surface area contributed by atoms with Crippen LogP contribution in [-0.2, 0) is 6.42 Å². The molecule has 2 aromatic rings. The lowest BCUT2D eigenvalue weighted by Gasteiger charge is -2.17. The van der Waals surface area contributed by atoms with Crippen LogP contribution in [0.15, 0.2) is 18.2 Å². The Morgan fingerprint density at radius 1 is 1.21 bits per heavy atom. The number of nitrogens with one attached hydrogen (secondary N) is 2. The van der Waals surface area contributed by atoms with Gasteiger partial charge in [0.2, 0.25) is 0 Å². The summed E-state index contributed by atoms with van der Waals surface area (Å²) in [5.41, 5.74) is 3.45. The molecule has 6 nitrogen and oxygen atoms in total. The molecule has 0 saturated heterocycles. The van der Waals surface area contributed by atoms with Crippen LogP contribution in [-0.4, -0.2) is 30.4 Å². The number of methoxy groups -OCH3 is 1. The summed E-state index contributed by atoms with van der Waals surface area (Å²) in [6, 6.07) is 5.41. The van der Waals surface area contributed by atoms with Crippen molar-refractivity contribution in [1.82, 2.24) is 10.3 Å². The van der Waals surface area contributed by atoms with E-state index in [0.29, 0.717) is 35.8 Å². The SMILES string of the molecule is CCCOc1ccc(C(C)NC(=O)c2[nH]c(C)c(C(C)=O)c2CC)cc1OC. The van der Waals surface area contributed by atoms with Crippen LogP contribution in [0.3, 0.4) is 0 Å². The quantitative estimate of drug-likeness (QED) is 0.627. The second kappa shape index (κ2) is 9.44. The van der Waals surface area contributed by atoms with E-state index in [-0.39, 0.29) is 17.7 Å². The molecule has 1 aromatic carbocycles. The second-order valence-corrected chi connectivity index (χ2v) is 6.84. The molecule has 2 rings (SSSR count). The summed E-state index contributed by atoms with van der Waals surface area (Å²) in [6.45, 7) is 9.85. The maximum atomic E-state index is 12.8. The summed E-state index contributed by atoms with van der Waals surface area (Å²) >= 11 is 0. The molecule has 152 valence electrons. The lowest BCUT2D eigenvalue weighted by Crippen LogP contribution is -2.28. The number of amides is 1. The van der Waals surface area contributed by atoms with Crippen molar-refractivity contribution in [2.24, 2.45) is 0 Å². The van der Waals surface area contributed by atoms with Gasteiger partial charge in [0.15, 0.2) is 17.3 Å². The minimum absolute atomic E-state index is 0.0369. The van der Waals surface area contributed by atoms with Gasteiger partial charge >= 0.3 is 0 Å². The van der Waals surface area contributed by atoms with Gasteiger partial charge in [-0.1, -0.05) is 19.9 Å². The standard InChI is InChI=1S/C22H30N2O4/c1-7-11-28-18-10-9-16(12-19(18)27-6)13(3)24-22(26)21-17(8-2)20(15(5)25)14(4)23-21/h9-10,12-13,23H,7-8,11H2,1-6H3,(H,24,26). The van der Waals surface area contributed by atoms with E-state index in [1.807, 2.05) is 45.9 Å². The summed E-state index contributed by atoms with van der Waals surface area (Å²) in [6.07, 6.45) is 1.52. The predicted molar refractivity (Wildman–Crippen MR) is 110 cm³/mol. The van der Waals surface area contributed by atoms with Gasteiger partial charge in [-0.15, -0.1) is 0 Å². The summed E-state index contributed by atoms with van der Waals surface area (Å²) in [7, 11) is 1.60. The highest BCUT2D eigenvalue weighted by Gasteiger charge is 2.23. The molecule has 1 atom stereocenters. The van der Waals surface area contributed by atoms with Crippen LogP contribution in [0.25, 0.3) is 0 Å². The van der Waals surface area contributed by atoms with Crippen LogP contribution >= 0.6 is 0 Å². The van der Waals surface area contributed by atoms with Gasteiger partial charge in [0.25, 0.3) is 5.91 Å². The first-order valence-corrected chi connectivity index (χ1v) is 9.67. The van der Waals surface area contributed by atoms with Gasteiger partial charge in [0.1, 0.15) is 5.69 Å². The van der Waals surface area contributed by atoms with Gasteiger partial charge in [-0.2, -0.15) is 0 Å². The van der Waals surface area contributed by atoms with E-state index in [9.17, 15) is 9.59 Å². The first kappa shape index (κ1) is 21.5. The smallest absolute Gasteiger partial charge is 0.268 e. The lowest BCUT2D eigenvalue weighted by molar-refractivity contribution is 0.0934. The number of carbonyl (C=O) groups excluding carboxylic acids is 2. The average Bonchev–Trinajstić information content (AvgIpc) is 3.02. The first-order chi connectivity index (χ1) is 13.3. The molecule has 1 amide bonds. The number of hydrogen-bond acceptors (Lipinski definition) is 4. The number of aryl methyl sites for hydroxylation is 1. The molecule has 0 aliphatic heterocycles. The predicted octanol–water partition coefficient (Wildman–Crippen LogP) is 4.38. The molecule has 0 aliphatic rings. The van der Waals surface area contributed by atoms with Crippen LogP contribution < -0.4 is 14.8 Å². The molecule has 2 N–H and O–H groups in total. The topological polar surface area (TPSA) is 80.4 Å². The molecule has 0 saturated carbocycles. The molecular formula is C22H30N2O4. The third-order valence-electron chi connectivity index (χ3n) is 4.72. The molecular weight excluding hydrogens is 356 g/mol. The maximum absolute atomic E-state index is 12.8. The minimum Gasteiger partial charge on any atom is -0.493 e. The minimum atomic E-state index is -0.240. The molecule has 0 aliphatic carbocycles. The second-order valence-electron chi connectivity index (χ2n) is 6.84. The summed E-state index contributed by atoms with van der Waals surface area (Å²) < 4.78 is 11.1. The summed E-state index contributed by atoms with van der Waals surface area (Å²) in [5.74, 6) is 1.05. The van der Waals surface area contributed by atoms with Gasteiger partial charge in [0.05, 0.1) is 19.8 Å². The van der Waals surface area contributed by atoms with Crippen molar-refractivity contribution in [3.05, 3.63) is 46.3 Å². The number of hydrogen-bond donors (Lipinski definition) is 2. The van der Waals surface area contributed by atoms with Crippen molar-refractivity contribution in [2.45, 2.75) is 53.5 Å². The number of ether oxygens (including phenoxy) is 2. The lowest BCUT2D eigenvalue weighted by atomic mass is 10.0. The number of H-pyrrole nitrogens is 1. The van der Waals surface area contributed by atoms with Crippen molar-refractivity contribution < 1.29 is 19.1 Å². The van der Waals surface area contributed by atoms with Crippen LogP contribution in [0.2, 0.25) is 0 Å². The summed E-state index contributed by atoms with van der Waals surface area (Å²) in [4.78, 5) is 27.9. The van der Waals surface area contributed by atoms with E-state index in [1.54, 1.807) is 7.11 Å². The molecule has 1 unspecified atom stereocenters. The van der Waals surface area contributed by atoms with Gasteiger partial charge in [0, 0.05) is 11.3 Å². The Hall–Kier alpha value is -2.76. The zero-order valence-corrected chi connectivity index (χ0v) is 17.6. The van der Waals surface area contributed by atoms with Gasteiger partial charge in [-0.3, -0.25) is 9.59 Å². The van der Waals surface area contributed by atoms with Gasteiger partial charge in [-0.25, -0.2) is 0 Å². The highest BCUT2D eigenvalue weighted by molar-refractivity contribution is 6.02. The van der Waals surface area contributed by atoms with Crippen molar-refractivity contribution in [3.63, 3.8) is 0 Å². The van der Waals surface area contributed by atoms with E-state index in [1.165, 1.54) is 6.92 Å². The maximum Gasteiger partial charge on any atom is 0.268 e. The fourth-order valence-corrected chi connectivity index (χ4v) is 3.34. The molecule has 0 fully saturated rings. The highest BCUT2D eigenvalue weighted by Crippen LogP contribution is 2.30. The van der Waals surface area contributed by atoms with E-state index in [0.717, 1.165) is 23.2 Å². The zero-order chi connectivity index (χ0) is 20.8. The molecule has 0 spiro atoms. The van der Waals surface area contributed by atoms with E-state index >= 15 is 0 Å². The van der Waals surface area contributed by atoms with Crippen molar-refractivity contribution in [1.29, 1.82) is 0 Å². The van der Waals surface area contributed by atoms with E-state index < -0.39 is 0 Å². The fourth-order valence-electron chi connectivity index (χ4n) is 3.34. The number of ketones is 1. The van der Waals surface area contributed by atoms with Gasteiger partial charge < -0.3 is 19.8 Å². The third kappa shape index (κ3) is 4.55. The monoisotopic (exact) mass is 386 g/mol. The molecule has 6 heteroatoms. The molecule has 0 radical (unpaired) electrons.